The largest absolute Gasteiger partial charge is 0.452 e. The molecule has 0 spiro atoms. The highest BCUT2D eigenvalue weighted by Crippen LogP contribution is 2.26. The lowest BCUT2D eigenvalue weighted by Gasteiger charge is -2.23. The van der Waals surface area contributed by atoms with Crippen molar-refractivity contribution in [1.82, 2.24) is 14.7 Å². The molecule has 0 bridgehead atoms. The van der Waals surface area contributed by atoms with E-state index in [0.717, 1.165) is 12.8 Å². The van der Waals surface area contributed by atoms with E-state index < -0.39 is 0 Å². The number of hydrogen-bond acceptors (Lipinski definition) is 4. The smallest absolute Gasteiger partial charge is 0.258 e. The average Bonchev–Trinajstić information content (AvgIpc) is 3.19. The molecular formula is C15H16ClN3O3. The van der Waals surface area contributed by atoms with E-state index in [2.05, 4.69) is 5.10 Å². The molecule has 0 radical (unpaired) electrons. The van der Waals surface area contributed by atoms with Crippen LogP contribution in [0, 0.1) is 0 Å². The van der Waals surface area contributed by atoms with Crippen LogP contribution in [0.5, 0.6) is 0 Å². The minimum Gasteiger partial charge on any atom is -0.452 e. The molecule has 1 amide bonds. The normalized spacial score (nSPS) is 17.9. The van der Waals surface area contributed by atoms with Gasteiger partial charge in [0.25, 0.3) is 5.91 Å². The molecule has 116 valence electrons. The molecule has 1 aliphatic heterocycles. The third-order valence-corrected chi connectivity index (χ3v) is 4.23. The zero-order chi connectivity index (χ0) is 15.7. The lowest BCUT2D eigenvalue weighted by Crippen LogP contribution is -2.36. The zero-order valence-corrected chi connectivity index (χ0v) is 12.9. The number of hydrogen-bond donors (Lipinski definition) is 0. The maximum Gasteiger partial charge on any atom is 0.258 e. The molecule has 3 heterocycles. The maximum absolute atomic E-state index is 12.5. The molecule has 0 N–H and O–H groups in total. The van der Waals surface area contributed by atoms with Gasteiger partial charge in [0.1, 0.15) is 0 Å². The van der Waals surface area contributed by atoms with Gasteiger partial charge in [-0.05, 0) is 30.5 Å². The molecule has 0 aromatic carbocycles. The van der Waals surface area contributed by atoms with Crippen LogP contribution in [0.15, 0.2) is 29.1 Å². The van der Waals surface area contributed by atoms with Gasteiger partial charge in [0.2, 0.25) is 5.22 Å². The van der Waals surface area contributed by atoms with Gasteiger partial charge in [-0.25, -0.2) is 0 Å². The van der Waals surface area contributed by atoms with Crippen molar-refractivity contribution in [2.45, 2.75) is 25.3 Å². The Balaban J connectivity index is 1.72. The first kappa shape index (κ1) is 14.8. The molecule has 1 atom stereocenters. The Kier molecular flexibility index (Phi) is 4.02. The fraction of sp³-hybridized carbons (Fsp3) is 0.400. The van der Waals surface area contributed by atoms with E-state index in [4.69, 9.17) is 16.0 Å². The van der Waals surface area contributed by atoms with Crippen molar-refractivity contribution in [3.8, 4) is 0 Å². The standard InChI is InChI=1S/C15H16ClN3O3/c1-18-9-10(8-17-18)13(20)7-11-3-2-5-19(11)15(21)12-4-6-22-14(12)16/h4,6,8-9,11H,2-3,5,7H2,1H3/t11-/m0/s1. The van der Waals surface area contributed by atoms with E-state index in [9.17, 15) is 9.59 Å². The second-order valence-corrected chi connectivity index (χ2v) is 5.78. The van der Waals surface area contributed by atoms with Crippen molar-refractivity contribution >= 4 is 23.3 Å². The van der Waals surface area contributed by atoms with Crippen LogP contribution in [-0.4, -0.2) is 39.0 Å². The Bertz CT molecular complexity index is 706. The van der Waals surface area contributed by atoms with Crippen molar-refractivity contribution in [3.05, 3.63) is 41.1 Å². The first-order chi connectivity index (χ1) is 10.6. The van der Waals surface area contributed by atoms with Gasteiger partial charge < -0.3 is 9.32 Å². The number of furan rings is 1. The van der Waals surface area contributed by atoms with Crippen LogP contribution >= 0.6 is 11.6 Å². The summed E-state index contributed by atoms with van der Waals surface area (Å²) in [6, 6.07) is 1.45. The van der Waals surface area contributed by atoms with Crippen molar-refractivity contribution in [1.29, 1.82) is 0 Å². The molecule has 1 fully saturated rings. The Morgan fingerprint density at radius 3 is 2.95 bits per heavy atom. The van der Waals surface area contributed by atoms with E-state index in [1.807, 2.05) is 0 Å². The molecule has 2 aromatic heterocycles. The summed E-state index contributed by atoms with van der Waals surface area (Å²) in [5, 5.41) is 4.10. The summed E-state index contributed by atoms with van der Waals surface area (Å²) < 4.78 is 6.57. The molecule has 0 unspecified atom stereocenters. The van der Waals surface area contributed by atoms with E-state index in [1.165, 1.54) is 6.26 Å². The second kappa shape index (κ2) is 5.96. The minimum atomic E-state index is -0.180. The summed E-state index contributed by atoms with van der Waals surface area (Å²) in [7, 11) is 1.77. The van der Waals surface area contributed by atoms with Gasteiger partial charge in [-0.1, -0.05) is 0 Å². The first-order valence-electron chi connectivity index (χ1n) is 7.12. The van der Waals surface area contributed by atoms with Gasteiger partial charge in [0.05, 0.1) is 23.6 Å². The summed E-state index contributed by atoms with van der Waals surface area (Å²) >= 11 is 5.87. The van der Waals surface area contributed by atoms with Gasteiger partial charge in [0, 0.05) is 32.3 Å². The number of halogens is 1. The van der Waals surface area contributed by atoms with Crippen LogP contribution in [0.2, 0.25) is 5.22 Å². The van der Waals surface area contributed by atoms with E-state index in [-0.39, 0.29) is 23.0 Å². The number of aryl methyl sites for hydroxylation is 1. The highest BCUT2D eigenvalue weighted by Gasteiger charge is 2.32. The lowest BCUT2D eigenvalue weighted by molar-refractivity contribution is 0.0716. The quantitative estimate of drug-likeness (QED) is 0.812. The number of aromatic nitrogens is 2. The van der Waals surface area contributed by atoms with Gasteiger partial charge in [-0.2, -0.15) is 5.10 Å². The molecule has 22 heavy (non-hydrogen) atoms. The number of ketones is 1. The predicted molar refractivity (Wildman–Crippen MR) is 79.9 cm³/mol. The van der Waals surface area contributed by atoms with E-state index in [0.29, 0.717) is 24.1 Å². The van der Waals surface area contributed by atoms with Gasteiger partial charge >= 0.3 is 0 Å². The molecule has 0 saturated carbocycles. The summed E-state index contributed by atoms with van der Waals surface area (Å²) in [6.45, 7) is 0.630. The summed E-state index contributed by atoms with van der Waals surface area (Å²) in [6.07, 6.45) is 6.63. The van der Waals surface area contributed by atoms with Crippen LogP contribution < -0.4 is 0 Å². The van der Waals surface area contributed by atoms with Crippen molar-refractivity contribution in [3.63, 3.8) is 0 Å². The van der Waals surface area contributed by atoms with Gasteiger partial charge in [0.15, 0.2) is 5.78 Å². The third-order valence-electron chi connectivity index (χ3n) is 3.93. The number of likely N-dealkylation sites (tertiary alicyclic amines) is 1. The topological polar surface area (TPSA) is 68.3 Å². The van der Waals surface area contributed by atoms with Gasteiger partial charge in [-0.3, -0.25) is 14.3 Å². The van der Waals surface area contributed by atoms with E-state index >= 15 is 0 Å². The summed E-state index contributed by atoms with van der Waals surface area (Å²) in [5.74, 6) is -0.184. The number of rotatable bonds is 4. The average molecular weight is 322 g/mol. The third kappa shape index (κ3) is 2.78. The molecule has 7 heteroatoms. The van der Waals surface area contributed by atoms with Crippen LogP contribution in [0.4, 0.5) is 0 Å². The summed E-state index contributed by atoms with van der Waals surface area (Å²) in [5.41, 5.74) is 0.922. The Labute approximate surface area is 132 Å². The van der Waals surface area contributed by atoms with Crippen LogP contribution in [0.1, 0.15) is 40.0 Å². The number of carbonyl (C=O) groups is 2. The first-order valence-corrected chi connectivity index (χ1v) is 7.50. The zero-order valence-electron chi connectivity index (χ0n) is 12.2. The van der Waals surface area contributed by atoms with E-state index in [1.54, 1.807) is 35.1 Å². The van der Waals surface area contributed by atoms with Crippen molar-refractivity contribution in [2.24, 2.45) is 7.05 Å². The number of amides is 1. The molecule has 1 aliphatic rings. The molecule has 3 rings (SSSR count). The molecule has 1 saturated heterocycles. The SMILES string of the molecule is Cn1cc(C(=O)C[C@@H]2CCCN2C(=O)c2ccoc2Cl)cn1. The monoisotopic (exact) mass is 321 g/mol. The number of carbonyl (C=O) groups excluding carboxylic acids is 2. The minimum absolute atomic E-state index is 0.00362. The highest BCUT2D eigenvalue weighted by atomic mass is 35.5. The number of nitrogens with zero attached hydrogens (tertiary/aromatic N) is 3. The molecular weight excluding hydrogens is 306 g/mol. The Hall–Kier alpha value is -2.08. The highest BCUT2D eigenvalue weighted by molar-refractivity contribution is 6.32. The Morgan fingerprint density at radius 2 is 2.32 bits per heavy atom. The van der Waals surface area contributed by atoms with Crippen LogP contribution in [-0.2, 0) is 7.05 Å². The summed E-state index contributed by atoms with van der Waals surface area (Å²) in [4.78, 5) is 26.5. The predicted octanol–water partition coefficient (Wildman–Crippen LogP) is 2.54. The van der Waals surface area contributed by atoms with Crippen LogP contribution in [0.25, 0.3) is 0 Å². The van der Waals surface area contributed by atoms with Crippen molar-refractivity contribution < 1.29 is 14.0 Å². The molecule has 2 aromatic rings. The molecule has 6 nitrogen and oxygen atoms in total. The lowest BCUT2D eigenvalue weighted by atomic mass is 10.0. The van der Waals surface area contributed by atoms with Gasteiger partial charge in [-0.15, -0.1) is 0 Å². The molecule has 0 aliphatic carbocycles. The van der Waals surface area contributed by atoms with Crippen LogP contribution in [0.3, 0.4) is 0 Å². The second-order valence-electron chi connectivity index (χ2n) is 5.43. The fourth-order valence-corrected chi connectivity index (χ4v) is 3.01. The number of Topliss-reactive ketones (excluding diaryl/α,β-unsaturated/α-hetero) is 1. The maximum atomic E-state index is 12.5. The van der Waals surface area contributed by atoms with Crippen molar-refractivity contribution in [2.75, 3.05) is 6.54 Å². The Morgan fingerprint density at radius 1 is 1.50 bits per heavy atom. The fourth-order valence-electron chi connectivity index (χ4n) is 2.81.